The number of methoxy groups -OCH3 is 1. The Morgan fingerprint density at radius 2 is 1.67 bits per heavy atom. The van der Waals surface area contributed by atoms with E-state index in [9.17, 15) is 14.9 Å². The average molecular weight is 534 g/mol. The molecule has 3 aromatic rings. The number of carbonyl (C=O) groups is 2. The maximum atomic E-state index is 13.2. The summed E-state index contributed by atoms with van der Waals surface area (Å²) in [5.41, 5.74) is 2.40. The van der Waals surface area contributed by atoms with Gasteiger partial charge in [0.25, 0.3) is 0 Å². The zero-order valence-electron chi connectivity index (χ0n) is 23.0. The molecule has 0 saturated carbocycles. The first kappa shape index (κ1) is 26.5. The first-order chi connectivity index (χ1) is 18.7. The lowest BCUT2D eigenvalue weighted by molar-refractivity contribution is -0.138. The third-order valence-electron chi connectivity index (χ3n) is 7.50. The summed E-state index contributed by atoms with van der Waals surface area (Å²) >= 11 is 0. The minimum atomic E-state index is -0.522. The van der Waals surface area contributed by atoms with E-state index in [1.807, 2.05) is 55.0 Å². The van der Waals surface area contributed by atoms with Gasteiger partial charge in [-0.05, 0) is 52.5 Å². The first-order valence-electron chi connectivity index (χ1n) is 13.4. The Balaban J connectivity index is 1.17. The molecule has 0 aromatic carbocycles. The molecule has 3 aromatic heterocycles. The summed E-state index contributed by atoms with van der Waals surface area (Å²) in [4.78, 5) is 29.2. The van der Waals surface area contributed by atoms with Gasteiger partial charge in [-0.1, -0.05) is 0 Å². The van der Waals surface area contributed by atoms with Crippen molar-refractivity contribution in [2.75, 3.05) is 33.3 Å². The Morgan fingerprint density at radius 3 is 2.31 bits per heavy atom. The summed E-state index contributed by atoms with van der Waals surface area (Å²) in [5.74, 6) is 0.720. The zero-order chi connectivity index (χ0) is 27.7. The quantitative estimate of drug-likeness (QED) is 0.499. The summed E-state index contributed by atoms with van der Waals surface area (Å²) in [6, 6.07) is 4.25. The van der Waals surface area contributed by atoms with Crippen molar-refractivity contribution in [3.8, 4) is 22.9 Å². The molecule has 2 amide bonds. The van der Waals surface area contributed by atoms with Gasteiger partial charge in [-0.25, -0.2) is 9.31 Å². The molecule has 2 aliphatic heterocycles. The molecule has 0 N–H and O–H groups in total. The number of carbonyl (C=O) groups excluding carboxylic acids is 2. The number of nitriles is 1. The molecule has 2 saturated heterocycles. The Bertz CT molecular complexity index is 1400. The minimum absolute atomic E-state index is 0.0507. The number of likely N-dealkylation sites (tertiary alicyclic amines) is 2. The second-order valence-electron chi connectivity index (χ2n) is 11.3. The number of aromatic nitrogens is 4. The fourth-order valence-corrected chi connectivity index (χ4v) is 5.41. The molecule has 0 radical (unpaired) electrons. The van der Waals surface area contributed by atoms with E-state index in [0.717, 1.165) is 24.0 Å². The van der Waals surface area contributed by atoms with Crippen molar-refractivity contribution in [3.63, 3.8) is 0 Å². The van der Waals surface area contributed by atoms with Gasteiger partial charge in [0.1, 0.15) is 28.5 Å². The number of amides is 2. The Hall–Kier alpha value is -4.07. The molecule has 2 fully saturated rings. The van der Waals surface area contributed by atoms with Crippen LogP contribution in [0.25, 0.3) is 16.6 Å². The molecule has 2 aliphatic rings. The Morgan fingerprint density at radius 1 is 0.974 bits per heavy atom. The van der Waals surface area contributed by atoms with Gasteiger partial charge in [-0.2, -0.15) is 15.5 Å². The van der Waals surface area contributed by atoms with Crippen LogP contribution in [0.4, 0.5) is 4.79 Å². The maximum absolute atomic E-state index is 13.2. The van der Waals surface area contributed by atoms with Crippen LogP contribution in [-0.4, -0.2) is 80.1 Å². The van der Waals surface area contributed by atoms with E-state index < -0.39 is 5.60 Å². The minimum Gasteiger partial charge on any atom is -0.494 e. The van der Waals surface area contributed by atoms with Crippen LogP contribution in [0.1, 0.15) is 58.1 Å². The molecule has 11 nitrogen and oxygen atoms in total. The lowest BCUT2D eigenvalue weighted by Gasteiger charge is -2.37. The monoisotopic (exact) mass is 533 g/mol. The van der Waals surface area contributed by atoms with Crippen molar-refractivity contribution in [2.45, 2.75) is 58.1 Å². The Labute approximate surface area is 227 Å². The predicted octanol–water partition coefficient (Wildman–Crippen LogP) is 3.89. The molecule has 0 aliphatic carbocycles. The van der Waals surface area contributed by atoms with Crippen LogP contribution in [0, 0.1) is 17.2 Å². The van der Waals surface area contributed by atoms with Crippen LogP contribution in [-0.2, 0) is 9.53 Å². The number of fused-ring (bicyclic) bond motifs is 1. The van der Waals surface area contributed by atoms with Crippen LogP contribution in [0.15, 0.2) is 30.9 Å². The van der Waals surface area contributed by atoms with Gasteiger partial charge in [0.15, 0.2) is 0 Å². The van der Waals surface area contributed by atoms with Gasteiger partial charge < -0.3 is 19.3 Å². The number of pyridine rings is 1. The normalized spacial score (nSPS) is 17.3. The lowest BCUT2D eigenvalue weighted by atomic mass is 9.94. The standard InChI is InChI=1S/C28H35N7O4/c1-28(2,3)39-27(37)33-9-5-19(6-10-33)26(36)32-11-7-23(8-12-32)34-18-22(16-30-34)20-13-24(38-4)25-21(14-29)15-31-35(25)17-20/h13,15-19,23H,5-12H2,1-4H3. The third-order valence-corrected chi connectivity index (χ3v) is 7.50. The predicted molar refractivity (Wildman–Crippen MR) is 143 cm³/mol. The zero-order valence-corrected chi connectivity index (χ0v) is 23.0. The summed E-state index contributed by atoms with van der Waals surface area (Å²) < 4.78 is 14.6. The van der Waals surface area contributed by atoms with Gasteiger partial charge in [0.05, 0.1) is 25.5 Å². The van der Waals surface area contributed by atoms with Gasteiger partial charge in [0, 0.05) is 55.6 Å². The van der Waals surface area contributed by atoms with Crippen molar-refractivity contribution in [3.05, 3.63) is 36.4 Å². The number of hydrogen-bond acceptors (Lipinski definition) is 7. The van der Waals surface area contributed by atoms with Crippen molar-refractivity contribution in [1.82, 2.24) is 29.2 Å². The lowest BCUT2D eigenvalue weighted by Crippen LogP contribution is -2.47. The largest absolute Gasteiger partial charge is 0.494 e. The van der Waals surface area contributed by atoms with Gasteiger partial charge in [-0.15, -0.1) is 0 Å². The SMILES string of the molecule is COc1cc(-c2cnn(C3CCN(C(=O)C4CCN(C(=O)OC(C)(C)C)CC4)CC3)c2)cn2ncc(C#N)c12. The molecule has 0 bridgehead atoms. The summed E-state index contributed by atoms with van der Waals surface area (Å²) in [6.07, 6.45) is 9.94. The summed E-state index contributed by atoms with van der Waals surface area (Å²) in [6.45, 7) is 8.05. The van der Waals surface area contributed by atoms with Gasteiger partial charge >= 0.3 is 6.09 Å². The summed E-state index contributed by atoms with van der Waals surface area (Å²) in [7, 11) is 1.58. The van der Waals surface area contributed by atoms with E-state index in [0.29, 0.717) is 55.9 Å². The number of hydrogen-bond donors (Lipinski definition) is 0. The molecule has 0 spiro atoms. The maximum Gasteiger partial charge on any atom is 0.410 e. The number of rotatable bonds is 4. The van der Waals surface area contributed by atoms with E-state index in [1.54, 1.807) is 16.5 Å². The van der Waals surface area contributed by atoms with Gasteiger partial charge in [0.2, 0.25) is 5.91 Å². The molecular weight excluding hydrogens is 498 g/mol. The highest BCUT2D eigenvalue weighted by Crippen LogP contribution is 2.31. The number of piperidine rings is 2. The van der Waals surface area contributed by atoms with Crippen LogP contribution in [0.5, 0.6) is 5.75 Å². The highest BCUT2D eigenvalue weighted by Gasteiger charge is 2.33. The molecule has 11 heteroatoms. The number of ether oxygens (including phenoxy) is 2. The van der Waals surface area contributed by atoms with E-state index in [4.69, 9.17) is 9.47 Å². The van der Waals surface area contributed by atoms with E-state index in [-0.39, 0.29) is 24.0 Å². The first-order valence-corrected chi connectivity index (χ1v) is 13.4. The fraction of sp³-hybridized carbons (Fsp3) is 0.536. The highest BCUT2D eigenvalue weighted by atomic mass is 16.6. The highest BCUT2D eigenvalue weighted by molar-refractivity contribution is 5.79. The van der Waals surface area contributed by atoms with Crippen molar-refractivity contribution in [1.29, 1.82) is 5.26 Å². The van der Waals surface area contributed by atoms with Crippen molar-refractivity contribution < 1.29 is 19.1 Å². The van der Waals surface area contributed by atoms with Crippen LogP contribution >= 0.6 is 0 Å². The van der Waals surface area contributed by atoms with E-state index in [1.165, 1.54) is 6.20 Å². The fourth-order valence-electron chi connectivity index (χ4n) is 5.41. The topological polar surface area (TPSA) is 118 Å². The molecule has 0 unspecified atom stereocenters. The Kier molecular flexibility index (Phi) is 7.21. The second kappa shape index (κ2) is 10.6. The average Bonchev–Trinajstić information content (AvgIpc) is 3.59. The van der Waals surface area contributed by atoms with Crippen LogP contribution in [0.2, 0.25) is 0 Å². The van der Waals surface area contributed by atoms with Gasteiger partial charge in [-0.3, -0.25) is 9.48 Å². The summed E-state index contributed by atoms with van der Waals surface area (Å²) in [5, 5.41) is 18.3. The van der Waals surface area contributed by atoms with Crippen LogP contribution < -0.4 is 4.74 Å². The molecule has 0 atom stereocenters. The molecule has 39 heavy (non-hydrogen) atoms. The molecular formula is C28H35N7O4. The number of nitrogens with zero attached hydrogens (tertiary/aromatic N) is 7. The molecule has 5 rings (SSSR count). The smallest absolute Gasteiger partial charge is 0.410 e. The van der Waals surface area contributed by atoms with E-state index >= 15 is 0 Å². The van der Waals surface area contributed by atoms with Crippen molar-refractivity contribution in [2.24, 2.45) is 5.92 Å². The van der Waals surface area contributed by atoms with Crippen LogP contribution in [0.3, 0.4) is 0 Å². The molecule has 5 heterocycles. The van der Waals surface area contributed by atoms with E-state index in [2.05, 4.69) is 16.3 Å². The third kappa shape index (κ3) is 5.55. The molecule has 206 valence electrons. The second-order valence-corrected chi connectivity index (χ2v) is 11.3. The van der Waals surface area contributed by atoms with Crippen molar-refractivity contribution >= 4 is 17.5 Å².